The molecule has 0 atom stereocenters. The van der Waals surface area contributed by atoms with E-state index >= 15 is 0 Å². The lowest BCUT2D eigenvalue weighted by Gasteiger charge is -1.93. The Morgan fingerprint density at radius 2 is 2.38 bits per heavy atom. The van der Waals surface area contributed by atoms with E-state index < -0.39 is 5.91 Å². The third-order valence-corrected chi connectivity index (χ3v) is 0.651. The molecule has 8 heavy (non-hydrogen) atoms. The maximum atomic E-state index is 10.0. The maximum Gasteiger partial charge on any atom is 0.263 e. The molecule has 4 nitrogen and oxygen atoms in total. The number of hydrogen-bond acceptors (Lipinski definition) is 3. The highest BCUT2D eigenvalue weighted by molar-refractivity contribution is 6.37. The van der Waals surface area contributed by atoms with E-state index in [-0.39, 0.29) is 12.3 Å². The summed E-state index contributed by atoms with van der Waals surface area (Å²) in [5.41, 5.74) is 4.63. The Morgan fingerprint density at radius 1 is 1.88 bits per heavy atom. The Labute approximate surface area is 47.6 Å². The number of primary amides is 1. The number of carbonyl (C=O) groups is 1. The Kier molecular flexibility index (Phi) is 2.79. The number of rotatable bonds is 3. The minimum Gasteiger partial charge on any atom is -0.365 e. The standard InChI is InChI=1S/C4H9N3O/c1-7-2-3(5)4(6)8/h5,7H,2H2,1H3,(H2,6,8). The predicted molar refractivity (Wildman–Crippen MR) is 30.8 cm³/mol. The van der Waals surface area contributed by atoms with Crippen LogP contribution in [0.3, 0.4) is 0 Å². The first-order chi connectivity index (χ1) is 3.68. The average Bonchev–Trinajstić information content (AvgIpc) is 1.67. The molecule has 0 radical (unpaired) electrons. The highest BCUT2D eigenvalue weighted by Crippen LogP contribution is 1.63. The number of nitrogens with one attached hydrogen (secondary N) is 2. The number of nitrogens with two attached hydrogens (primary N) is 1. The van der Waals surface area contributed by atoms with E-state index in [1.165, 1.54) is 0 Å². The van der Waals surface area contributed by atoms with Crippen molar-refractivity contribution in [2.75, 3.05) is 13.6 Å². The van der Waals surface area contributed by atoms with Gasteiger partial charge < -0.3 is 11.1 Å². The van der Waals surface area contributed by atoms with Crippen molar-refractivity contribution >= 4 is 11.6 Å². The largest absolute Gasteiger partial charge is 0.365 e. The molecule has 0 saturated carbocycles. The van der Waals surface area contributed by atoms with Crippen molar-refractivity contribution in [2.24, 2.45) is 5.73 Å². The molecule has 46 valence electrons. The van der Waals surface area contributed by atoms with Crippen molar-refractivity contribution in [1.29, 1.82) is 5.41 Å². The van der Waals surface area contributed by atoms with Gasteiger partial charge in [0.05, 0.1) is 0 Å². The average molecular weight is 115 g/mol. The quantitative estimate of drug-likeness (QED) is 0.400. The number of carbonyl (C=O) groups excluding carboxylic acids is 1. The SMILES string of the molecule is CNCC(=N)C(N)=O. The fourth-order valence-electron chi connectivity index (χ4n) is 0.264. The minimum atomic E-state index is -0.667. The van der Waals surface area contributed by atoms with Crippen LogP contribution in [0.4, 0.5) is 0 Å². The molecule has 0 aromatic carbocycles. The summed E-state index contributed by atoms with van der Waals surface area (Å²) in [6.45, 7) is 0.245. The molecule has 0 aromatic rings. The van der Waals surface area contributed by atoms with Gasteiger partial charge in [-0.05, 0) is 7.05 Å². The van der Waals surface area contributed by atoms with Crippen LogP contribution < -0.4 is 11.1 Å². The van der Waals surface area contributed by atoms with E-state index in [1.54, 1.807) is 7.05 Å². The van der Waals surface area contributed by atoms with E-state index in [1.807, 2.05) is 0 Å². The summed E-state index contributed by atoms with van der Waals surface area (Å²) in [6.07, 6.45) is 0. The van der Waals surface area contributed by atoms with E-state index in [2.05, 4.69) is 5.32 Å². The van der Waals surface area contributed by atoms with Gasteiger partial charge in [-0.1, -0.05) is 0 Å². The third kappa shape index (κ3) is 2.30. The van der Waals surface area contributed by atoms with Gasteiger partial charge in [-0.15, -0.1) is 0 Å². The van der Waals surface area contributed by atoms with Gasteiger partial charge in [0.25, 0.3) is 5.91 Å². The number of hydrogen-bond donors (Lipinski definition) is 3. The van der Waals surface area contributed by atoms with Crippen molar-refractivity contribution in [3.8, 4) is 0 Å². The summed E-state index contributed by atoms with van der Waals surface area (Å²) in [4.78, 5) is 10.0. The molecule has 0 fully saturated rings. The Balaban J connectivity index is 3.49. The topological polar surface area (TPSA) is 79.0 Å². The molecule has 1 amide bonds. The zero-order chi connectivity index (χ0) is 6.57. The van der Waals surface area contributed by atoms with Crippen LogP contribution in [-0.2, 0) is 4.79 Å². The summed E-state index contributed by atoms with van der Waals surface area (Å²) in [5, 5.41) is 9.43. The first kappa shape index (κ1) is 7.10. The van der Waals surface area contributed by atoms with Crippen LogP contribution in [0.15, 0.2) is 0 Å². The molecule has 0 bridgehead atoms. The van der Waals surface area contributed by atoms with Crippen molar-refractivity contribution in [3.63, 3.8) is 0 Å². The summed E-state index contributed by atoms with van der Waals surface area (Å²) < 4.78 is 0. The lowest BCUT2D eigenvalue weighted by atomic mass is 10.4. The molecular weight excluding hydrogens is 106 g/mol. The molecule has 0 saturated heterocycles. The van der Waals surface area contributed by atoms with Crippen molar-refractivity contribution < 1.29 is 4.79 Å². The van der Waals surface area contributed by atoms with E-state index in [0.29, 0.717) is 0 Å². The van der Waals surface area contributed by atoms with Crippen LogP contribution in [0.1, 0.15) is 0 Å². The second kappa shape index (κ2) is 3.15. The molecule has 0 aromatic heterocycles. The summed E-state index contributed by atoms with van der Waals surface area (Å²) in [6, 6.07) is 0. The van der Waals surface area contributed by atoms with Gasteiger partial charge in [-0.25, -0.2) is 0 Å². The first-order valence-corrected chi connectivity index (χ1v) is 2.20. The lowest BCUT2D eigenvalue weighted by Crippen LogP contribution is -2.30. The van der Waals surface area contributed by atoms with Gasteiger partial charge in [-0.2, -0.15) is 0 Å². The Hall–Kier alpha value is -0.900. The third-order valence-electron chi connectivity index (χ3n) is 0.651. The molecular formula is C4H9N3O. The van der Waals surface area contributed by atoms with Crippen LogP contribution >= 0.6 is 0 Å². The zero-order valence-electron chi connectivity index (χ0n) is 4.69. The molecule has 0 rings (SSSR count). The zero-order valence-corrected chi connectivity index (χ0v) is 4.69. The summed E-state index contributed by atoms with van der Waals surface area (Å²) in [7, 11) is 1.65. The van der Waals surface area contributed by atoms with E-state index in [0.717, 1.165) is 0 Å². The van der Waals surface area contributed by atoms with Gasteiger partial charge in [-0.3, -0.25) is 10.2 Å². The second-order valence-electron chi connectivity index (χ2n) is 1.37. The van der Waals surface area contributed by atoms with Crippen LogP contribution in [-0.4, -0.2) is 25.2 Å². The Morgan fingerprint density at radius 3 is 2.50 bits per heavy atom. The summed E-state index contributed by atoms with van der Waals surface area (Å²) in [5.74, 6) is -0.667. The van der Waals surface area contributed by atoms with Gasteiger partial charge >= 0.3 is 0 Å². The highest BCUT2D eigenvalue weighted by atomic mass is 16.1. The second-order valence-corrected chi connectivity index (χ2v) is 1.37. The van der Waals surface area contributed by atoms with E-state index in [4.69, 9.17) is 11.1 Å². The molecule has 0 aliphatic carbocycles. The van der Waals surface area contributed by atoms with Gasteiger partial charge in [0.2, 0.25) is 0 Å². The smallest absolute Gasteiger partial charge is 0.263 e. The van der Waals surface area contributed by atoms with Crippen LogP contribution in [0, 0.1) is 5.41 Å². The molecule has 0 aliphatic heterocycles. The van der Waals surface area contributed by atoms with Gasteiger partial charge in [0, 0.05) is 6.54 Å². The van der Waals surface area contributed by atoms with E-state index in [9.17, 15) is 4.79 Å². The fourth-order valence-corrected chi connectivity index (χ4v) is 0.264. The van der Waals surface area contributed by atoms with Gasteiger partial charge in [0.15, 0.2) is 0 Å². The van der Waals surface area contributed by atoms with Crippen LogP contribution in [0.2, 0.25) is 0 Å². The van der Waals surface area contributed by atoms with Crippen LogP contribution in [0.25, 0.3) is 0 Å². The normalized spacial score (nSPS) is 8.62. The minimum absolute atomic E-state index is 0.0903. The maximum absolute atomic E-state index is 10.0. The fraction of sp³-hybridized carbons (Fsp3) is 0.500. The molecule has 0 unspecified atom stereocenters. The van der Waals surface area contributed by atoms with Crippen molar-refractivity contribution in [2.45, 2.75) is 0 Å². The molecule has 0 aliphatic rings. The molecule has 4 heteroatoms. The monoisotopic (exact) mass is 115 g/mol. The van der Waals surface area contributed by atoms with Crippen LogP contribution in [0.5, 0.6) is 0 Å². The molecule has 0 spiro atoms. The van der Waals surface area contributed by atoms with Crippen molar-refractivity contribution in [1.82, 2.24) is 5.32 Å². The van der Waals surface area contributed by atoms with Crippen molar-refractivity contribution in [3.05, 3.63) is 0 Å². The Bertz CT molecular complexity index is 110. The van der Waals surface area contributed by atoms with Gasteiger partial charge in [0.1, 0.15) is 5.71 Å². The first-order valence-electron chi connectivity index (χ1n) is 2.20. The predicted octanol–water partition coefficient (Wildman–Crippen LogP) is -1.29. The molecule has 4 N–H and O–H groups in total. The summed E-state index contributed by atoms with van der Waals surface area (Å²) >= 11 is 0. The molecule has 0 heterocycles. The lowest BCUT2D eigenvalue weighted by molar-refractivity contribution is -0.112. The highest BCUT2D eigenvalue weighted by Gasteiger charge is 1.99. The number of amides is 1.